The summed E-state index contributed by atoms with van der Waals surface area (Å²) >= 11 is 3.63. The van der Waals surface area contributed by atoms with E-state index in [0.717, 1.165) is 24.0 Å². The van der Waals surface area contributed by atoms with E-state index in [-0.39, 0.29) is 10.6 Å². The van der Waals surface area contributed by atoms with Crippen LogP contribution in [0.25, 0.3) is 0 Å². The fraction of sp³-hybridized carbons (Fsp3) is 0.250. The smallest absolute Gasteiger partial charge is 0.123 e. The molecule has 0 radical (unpaired) electrons. The largest absolute Gasteiger partial charge is 0.207 e. The molecule has 0 aliphatic rings. The zero-order chi connectivity index (χ0) is 13.0. The zero-order valence-corrected chi connectivity index (χ0v) is 12.0. The number of halogens is 2. The summed E-state index contributed by atoms with van der Waals surface area (Å²) in [5, 5.41) is 0. The minimum absolute atomic E-state index is 0.0453. The zero-order valence-electron chi connectivity index (χ0n) is 10.4. The van der Waals surface area contributed by atoms with E-state index in [4.69, 9.17) is 0 Å². The van der Waals surface area contributed by atoms with Crippen molar-refractivity contribution in [2.24, 2.45) is 0 Å². The Kier molecular flexibility index (Phi) is 4.54. The van der Waals surface area contributed by atoms with Gasteiger partial charge in [0.2, 0.25) is 0 Å². The molecule has 18 heavy (non-hydrogen) atoms. The fourth-order valence-corrected chi connectivity index (χ4v) is 2.59. The van der Waals surface area contributed by atoms with E-state index in [1.807, 2.05) is 6.07 Å². The van der Waals surface area contributed by atoms with Gasteiger partial charge in [-0.2, -0.15) is 0 Å². The Morgan fingerprint density at radius 3 is 2.39 bits per heavy atom. The van der Waals surface area contributed by atoms with Gasteiger partial charge < -0.3 is 0 Å². The predicted octanol–water partition coefficient (Wildman–Crippen LogP) is 5.26. The molecule has 1 atom stereocenters. The molecule has 0 N–H and O–H groups in total. The molecule has 0 aromatic heterocycles. The molecule has 0 fully saturated rings. The number of hydrogen-bond acceptors (Lipinski definition) is 0. The van der Waals surface area contributed by atoms with Crippen molar-refractivity contribution in [2.75, 3.05) is 0 Å². The molecular formula is C16H16BrF. The van der Waals surface area contributed by atoms with E-state index >= 15 is 0 Å². The van der Waals surface area contributed by atoms with Crippen LogP contribution >= 0.6 is 15.9 Å². The second-order valence-corrected chi connectivity index (χ2v) is 5.32. The maximum absolute atomic E-state index is 13.2. The first kappa shape index (κ1) is 13.3. The van der Waals surface area contributed by atoms with Crippen LogP contribution in [0.1, 0.15) is 34.9 Å². The first-order valence-electron chi connectivity index (χ1n) is 6.19. The van der Waals surface area contributed by atoms with E-state index in [1.54, 1.807) is 12.1 Å². The van der Waals surface area contributed by atoms with Crippen molar-refractivity contribution in [3.63, 3.8) is 0 Å². The highest BCUT2D eigenvalue weighted by molar-refractivity contribution is 9.09. The summed E-state index contributed by atoms with van der Waals surface area (Å²) in [6.45, 7) is 2.17. The Morgan fingerprint density at radius 1 is 1.06 bits per heavy atom. The highest BCUT2D eigenvalue weighted by atomic mass is 79.9. The summed E-state index contributed by atoms with van der Waals surface area (Å²) in [5.74, 6) is -0.195. The van der Waals surface area contributed by atoms with E-state index in [9.17, 15) is 4.39 Å². The van der Waals surface area contributed by atoms with Crippen molar-refractivity contribution >= 4 is 15.9 Å². The SMILES string of the molecule is CCCc1ccc(C(Br)c2cccc(F)c2)cc1. The van der Waals surface area contributed by atoms with Crippen LogP contribution in [0.2, 0.25) is 0 Å². The van der Waals surface area contributed by atoms with Crippen LogP contribution in [-0.4, -0.2) is 0 Å². The van der Waals surface area contributed by atoms with Crippen molar-refractivity contribution in [3.8, 4) is 0 Å². The van der Waals surface area contributed by atoms with Gasteiger partial charge >= 0.3 is 0 Å². The number of hydrogen-bond donors (Lipinski definition) is 0. The Hall–Kier alpha value is -1.15. The molecule has 1 unspecified atom stereocenters. The minimum Gasteiger partial charge on any atom is -0.207 e. The van der Waals surface area contributed by atoms with Crippen LogP contribution in [0.5, 0.6) is 0 Å². The van der Waals surface area contributed by atoms with Gasteiger partial charge in [0.15, 0.2) is 0 Å². The summed E-state index contributed by atoms with van der Waals surface area (Å²) in [7, 11) is 0. The first-order chi connectivity index (χ1) is 8.70. The quantitative estimate of drug-likeness (QED) is 0.676. The molecule has 0 heterocycles. The van der Waals surface area contributed by atoms with Crippen molar-refractivity contribution in [2.45, 2.75) is 24.6 Å². The maximum Gasteiger partial charge on any atom is 0.123 e. The Labute approximate surface area is 116 Å². The van der Waals surface area contributed by atoms with Crippen LogP contribution in [-0.2, 0) is 6.42 Å². The lowest BCUT2D eigenvalue weighted by molar-refractivity contribution is 0.626. The molecular weight excluding hydrogens is 291 g/mol. The molecule has 0 bridgehead atoms. The molecule has 2 rings (SSSR count). The summed E-state index contributed by atoms with van der Waals surface area (Å²) < 4.78 is 13.2. The van der Waals surface area contributed by atoms with Gasteiger partial charge in [0, 0.05) is 0 Å². The van der Waals surface area contributed by atoms with Gasteiger partial charge in [-0.25, -0.2) is 4.39 Å². The van der Waals surface area contributed by atoms with Gasteiger partial charge in [0.25, 0.3) is 0 Å². The van der Waals surface area contributed by atoms with Crippen molar-refractivity contribution in [1.29, 1.82) is 0 Å². The number of aryl methyl sites for hydroxylation is 1. The second kappa shape index (κ2) is 6.14. The van der Waals surface area contributed by atoms with Gasteiger partial charge in [-0.3, -0.25) is 0 Å². The monoisotopic (exact) mass is 306 g/mol. The van der Waals surface area contributed by atoms with Gasteiger partial charge in [-0.15, -0.1) is 0 Å². The lowest BCUT2D eigenvalue weighted by Crippen LogP contribution is -1.94. The second-order valence-electron chi connectivity index (χ2n) is 4.41. The highest BCUT2D eigenvalue weighted by Gasteiger charge is 2.10. The average molecular weight is 307 g/mol. The summed E-state index contributed by atoms with van der Waals surface area (Å²) in [6.07, 6.45) is 2.26. The summed E-state index contributed by atoms with van der Waals surface area (Å²) in [5.41, 5.74) is 3.44. The summed E-state index contributed by atoms with van der Waals surface area (Å²) in [6, 6.07) is 15.2. The van der Waals surface area contributed by atoms with Crippen molar-refractivity contribution < 1.29 is 4.39 Å². The highest BCUT2D eigenvalue weighted by Crippen LogP contribution is 2.31. The molecule has 94 valence electrons. The third-order valence-electron chi connectivity index (χ3n) is 2.95. The molecule has 0 amide bonds. The van der Waals surface area contributed by atoms with Gasteiger partial charge in [-0.1, -0.05) is 65.7 Å². The van der Waals surface area contributed by atoms with Crippen LogP contribution in [0.3, 0.4) is 0 Å². The fourth-order valence-electron chi connectivity index (χ4n) is 2.00. The lowest BCUT2D eigenvalue weighted by Gasteiger charge is -2.11. The molecule has 2 aromatic carbocycles. The van der Waals surface area contributed by atoms with E-state index in [2.05, 4.69) is 47.1 Å². The van der Waals surface area contributed by atoms with E-state index in [0.29, 0.717) is 0 Å². The van der Waals surface area contributed by atoms with Crippen LogP contribution in [0.4, 0.5) is 4.39 Å². The Balaban J connectivity index is 2.20. The Morgan fingerprint density at radius 2 is 1.78 bits per heavy atom. The number of alkyl halides is 1. The molecule has 0 spiro atoms. The Bertz CT molecular complexity index is 505. The van der Waals surface area contributed by atoms with Gasteiger partial charge in [0.1, 0.15) is 5.82 Å². The van der Waals surface area contributed by atoms with Crippen LogP contribution in [0.15, 0.2) is 48.5 Å². The molecule has 0 saturated carbocycles. The third-order valence-corrected chi connectivity index (χ3v) is 4.01. The maximum atomic E-state index is 13.2. The molecule has 0 aliphatic heterocycles. The predicted molar refractivity (Wildman–Crippen MR) is 77.6 cm³/mol. The van der Waals surface area contributed by atoms with Crippen molar-refractivity contribution in [1.82, 2.24) is 0 Å². The van der Waals surface area contributed by atoms with Gasteiger partial charge in [-0.05, 0) is 35.2 Å². The number of benzene rings is 2. The van der Waals surface area contributed by atoms with E-state index in [1.165, 1.54) is 11.6 Å². The third kappa shape index (κ3) is 3.20. The normalized spacial score (nSPS) is 12.4. The number of rotatable bonds is 4. The summed E-state index contributed by atoms with van der Waals surface area (Å²) in [4.78, 5) is 0.0453. The molecule has 0 saturated heterocycles. The molecule has 0 aliphatic carbocycles. The first-order valence-corrected chi connectivity index (χ1v) is 7.10. The molecule has 2 aromatic rings. The standard InChI is InChI=1S/C16H16BrF/c1-2-4-12-7-9-13(10-8-12)16(17)14-5-3-6-15(18)11-14/h3,5-11,16H,2,4H2,1H3. The topological polar surface area (TPSA) is 0 Å². The minimum atomic E-state index is -0.195. The molecule has 2 heteroatoms. The average Bonchev–Trinajstić information content (AvgIpc) is 2.39. The van der Waals surface area contributed by atoms with Crippen LogP contribution in [0, 0.1) is 5.82 Å². The lowest BCUT2D eigenvalue weighted by atomic mass is 10.0. The van der Waals surface area contributed by atoms with Crippen molar-refractivity contribution in [3.05, 3.63) is 71.0 Å². The van der Waals surface area contributed by atoms with Crippen LogP contribution < -0.4 is 0 Å². The van der Waals surface area contributed by atoms with Gasteiger partial charge in [0.05, 0.1) is 4.83 Å². The molecule has 0 nitrogen and oxygen atoms in total. The van der Waals surface area contributed by atoms with E-state index < -0.39 is 0 Å².